The van der Waals surface area contributed by atoms with Crippen LogP contribution in [0.5, 0.6) is 0 Å². The highest BCUT2D eigenvalue weighted by molar-refractivity contribution is 6.31. The van der Waals surface area contributed by atoms with E-state index < -0.39 is 0 Å². The number of imide groups is 1. The van der Waals surface area contributed by atoms with Crippen LogP contribution >= 0.6 is 11.6 Å². The standard InChI is InChI=1S/C20H21ClN4O2/c1-2-22-20(24-13-14-7-3-6-10-17(14)21)23-11-12-25-18(26)15-8-4-5-9-16(15)19(25)27/h3-10H,2,11-13H2,1H3,(H2,22,23,24). The van der Waals surface area contributed by atoms with Gasteiger partial charge in [0.1, 0.15) is 0 Å². The zero-order chi connectivity index (χ0) is 19.2. The number of carbonyl (C=O) groups is 2. The van der Waals surface area contributed by atoms with Gasteiger partial charge in [-0.25, -0.2) is 4.99 Å². The predicted octanol–water partition coefficient (Wildman–Crippen LogP) is 2.69. The lowest BCUT2D eigenvalue weighted by Gasteiger charge is -2.16. The third kappa shape index (κ3) is 4.28. The maximum Gasteiger partial charge on any atom is 0.261 e. The summed E-state index contributed by atoms with van der Waals surface area (Å²) in [5.74, 6) is 0.0971. The van der Waals surface area contributed by atoms with Gasteiger partial charge >= 0.3 is 0 Å². The number of amides is 2. The van der Waals surface area contributed by atoms with Crippen LogP contribution in [0.3, 0.4) is 0 Å². The van der Waals surface area contributed by atoms with Crippen LogP contribution in [-0.4, -0.2) is 42.3 Å². The van der Waals surface area contributed by atoms with Crippen molar-refractivity contribution in [2.24, 2.45) is 4.99 Å². The number of nitrogens with zero attached hydrogens (tertiary/aromatic N) is 2. The highest BCUT2D eigenvalue weighted by atomic mass is 35.5. The zero-order valence-corrected chi connectivity index (χ0v) is 15.8. The van der Waals surface area contributed by atoms with Crippen molar-refractivity contribution in [3.05, 3.63) is 70.2 Å². The van der Waals surface area contributed by atoms with Gasteiger partial charge in [-0.1, -0.05) is 41.9 Å². The molecule has 0 bridgehead atoms. The summed E-state index contributed by atoms with van der Waals surface area (Å²) in [5, 5.41) is 6.97. The summed E-state index contributed by atoms with van der Waals surface area (Å²) in [6.07, 6.45) is 0. The molecule has 2 aromatic rings. The second-order valence-corrected chi connectivity index (χ2v) is 6.43. The van der Waals surface area contributed by atoms with E-state index in [0.29, 0.717) is 41.7 Å². The van der Waals surface area contributed by atoms with Gasteiger partial charge in [0.25, 0.3) is 11.8 Å². The van der Waals surface area contributed by atoms with Crippen molar-refractivity contribution >= 4 is 29.4 Å². The number of rotatable bonds is 6. The molecule has 1 aliphatic heterocycles. The van der Waals surface area contributed by atoms with Gasteiger partial charge in [-0.05, 0) is 30.7 Å². The minimum Gasteiger partial charge on any atom is -0.357 e. The molecule has 1 heterocycles. The van der Waals surface area contributed by atoms with Gasteiger partial charge in [-0.2, -0.15) is 0 Å². The van der Waals surface area contributed by atoms with Crippen molar-refractivity contribution in [1.29, 1.82) is 0 Å². The van der Waals surface area contributed by atoms with Crippen molar-refractivity contribution in [3.63, 3.8) is 0 Å². The van der Waals surface area contributed by atoms with Gasteiger partial charge in [0.2, 0.25) is 0 Å². The molecule has 0 atom stereocenters. The molecule has 3 rings (SSSR count). The Labute approximate surface area is 163 Å². The van der Waals surface area contributed by atoms with Crippen LogP contribution in [0.2, 0.25) is 5.02 Å². The maximum atomic E-state index is 12.4. The normalized spacial score (nSPS) is 13.7. The first kappa shape index (κ1) is 18.9. The predicted molar refractivity (Wildman–Crippen MR) is 106 cm³/mol. The minimum absolute atomic E-state index is 0.254. The molecule has 27 heavy (non-hydrogen) atoms. The molecule has 2 N–H and O–H groups in total. The smallest absolute Gasteiger partial charge is 0.261 e. The van der Waals surface area contributed by atoms with Gasteiger partial charge < -0.3 is 10.6 Å². The molecule has 0 radical (unpaired) electrons. The monoisotopic (exact) mass is 384 g/mol. The molecule has 2 amide bonds. The van der Waals surface area contributed by atoms with Gasteiger partial charge in [0, 0.05) is 24.7 Å². The number of hydrogen-bond donors (Lipinski definition) is 2. The van der Waals surface area contributed by atoms with Crippen LogP contribution in [0, 0.1) is 0 Å². The molecular weight excluding hydrogens is 364 g/mol. The Bertz CT molecular complexity index is 847. The van der Waals surface area contributed by atoms with Gasteiger partial charge in [-0.3, -0.25) is 14.5 Å². The second kappa shape index (κ2) is 8.68. The van der Waals surface area contributed by atoms with E-state index in [-0.39, 0.29) is 18.4 Å². The van der Waals surface area contributed by atoms with E-state index in [1.165, 1.54) is 4.90 Å². The average Bonchev–Trinajstić information content (AvgIpc) is 2.92. The number of guanidine groups is 1. The molecular formula is C20H21ClN4O2. The first-order valence-corrected chi connectivity index (χ1v) is 9.20. The topological polar surface area (TPSA) is 73.8 Å². The van der Waals surface area contributed by atoms with Crippen molar-refractivity contribution in [1.82, 2.24) is 15.5 Å². The molecule has 140 valence electrons. The van der Waals surface area contributed by atoms with Crippen LogP contribution in [0.4, 0.5) is 0 Å². The lowest BCUT2D eigenvalue weighted by atomic mass is 10.1. The molecule has 7 heteroatoms. The molecule has 0 spiro atoms. The minimum atomic E-state index is -0.254. The zero-order valence-electron chi connectivity index (χ0n) is 15.0. The van der Waals surface area contributed by atoms with E-state index in [4.69, 9.17) is 11.6 Å². The fraction of sp³-hybridized carbons (Fsp3) is 0.250. The molecule has 0 saturated carbocycles. The van der Waals surface area contributed by atoms with Crippen LogP contribution in [0.25, 0.3) is 0 Å². The molecule has 0 saturated heterocycles. The Balaban J connectivity index is 1.59. The van der Waals surface area contributed by atoms with E-state index >= 15 is 0 Å². The highest BCUT2D eigenvalue weighted by Gasteiger charge is 2.34. The fourth-order valence-corrected chi connectivity index (χ4v) is 3.06. The lowest BCUT2D eigenvalue weighted by molar-refractivity contribution is 0.0657. The van der Waals surface area contributed by atoms with Crippen LogP contribution in [-0.2, 0) is 6.54 Å². The molecule has 0 fully saturated rings. The summed E-state index contributed by atoms with van der Waals surface area (Å²) in [4.78, 5) is 30.5. The average molecular weight is 385 g/mol. The summed E-state index contributed by atoms with van der Waals surface area (Å²) in [6, 6.07) is 14.4. The van der Waals surface area contributed by atoms with E-state index in [0.717, 1.165) is 5.56 Å². The first-order chi connectivity index (χ1) is 13.1. The largest absolute Gasteiger partial charge is 0.357 e. The SMILES string of the molecule is CCNC(=NCc1ccccc1Cl)NCCN1C(=O)c2ccccc2C1=O. The summed E-state index contributed by atoms with van der Waals surface area (Å²) in [6.45, 7) is 3.77. The fourth-order valence-electron chi connectivity index (χ4n) is 2.86. The first-order valence-electron chi connectivity index (χ1n) is 8.82. The molecule has 0 unspecified atom stereocenters. The number of carbonyl (C=O) groups excluding carboxylic acids is 2. The summed E-state index contributed by atoms with van der Waals surface area (Å²) in [5.41, 5.74) is 1.85. The van der Waals surface area contributed by atoms with E-state index in [1.807, 2.05) is 31.2 Å². The number of halogens is 1. The number of nitrogens with one attached hydrogen (secondary N) is 2. The van der Waals surface area contributed by atoms with Crippen LogP contribution in [0.1, 0.15) is 33.2 Å². The van der Waals surface area contributed by atoms with Crippen LogP contribution < -0.4 is 10.6 Å². The quantitative estimate of drug-likeness (QED) is 0.456. The number of fused-ring (bicyclic) bond motifs is 1. The Morgan fingerprint density at radius 2 is 1.63 bits per heavy atom. The maximum absolute atomic E-state index is 12.4. The Hall–Kier alpha value is -2.86. The van der Waals surface area contributed by atoms with Gasteiger partial charge in [0.05, 0.1) is 17.7 Å². The van der Waals surface area contributed by atoms with Crippen molar-refractivity contribution < 1.29 is 9.59 Å². The molecule has 2 aromatic carbocycles. The molecule has 0 aromatic heterocycles. The molecule has 1 aliphatic rings. The second-order valence-electron chi connectivity index (χ2n) is 6.02. The van der Waals surface area contributed by atoms with Gasteiger partial charge in [0.15, 0.2) is 5.96 Å². The Morgan fingerprint density at radius 1 is 1.00 bits per heavy atom. The number of hydrogen-bond acceptors (Lipinski definition) is 3. The third-order valence-electron chi connectivity index (χ3n) is 4.22. The summed E-state index contributed by atoms with van der Waals surface area (Å²) in [7, 11) is 0. The number of benzene rings is 2. The Kier molecular flexibility index (Phi) is 6.08. The van der Waals surface area contributed by atoms with E-state index in [9.17, 15) is 9.59 Å². The van der Waals surface area contributed by atoms with Crippen molar-refractivity contribution in [3.8, 4) is 0 Å². The number of aliphatic imine (C=N–C) groups is 1. The van der Waals surface area contributed by atoms with E-state index in [2.05, 4.69) is 15.6 Å². The molecule has 6 nitrogen and oxygen atoms in total. The Morgan fingerprint density at radius 3 is 2.26 bits per heavy atom. The van der Waals surface area contributed by atoms with Crippen molar-refractivity contribution in [2.45, 2.75) is 13.5 Å². The van der Waals surface area contributed by atoms with Gasteiger partial charge in [-0.15, -0.1) is 0 Å². The highest BCUT2D eigenvalue weighted by Crippen LogP contribution is 2.21. The summed E-state index contributed by atoms with van der Waals surface area (Å²) >= 11 is 6.16. The lowest BCUT2D eigenvalue weighted by Crippen LogP contribution is -2.43. The summed E-state index contributed by atoms with van der Waals surface area (Å²) < 4.78 is 0. The molecule has 0 aliphatic carbocycles. The van der Waals surface area contributed by atoms with E-state index in [1.54, 1.807) is 24.3 Å². The van der Waals surface area contributed by atoms with Crippen LogP contribution in [0.15, 0.2) is 53.5 Å². The van der Waals surface area contributed by atoms with Crippen molar-refractivity contribution in [2.75, 3.05) is 19.6 Å². The third-order valence-corrected chi connectivity index (χ3v) is 4.58.